The van der Waals surface area contributed by atoms with E-state index in [9.17, 15) is 4.79 Å². The van der Waals surface area contributed by atoms with Gasteiger partial charge in [-0.15, -0.1) is 11.3 Å². The van der Waals surface area contributed by atoms with E-state index < -0.39 is 0 Å². The van der Waals surface area contributed by atoms with Crippen molar-refractivity contribution in [1.29, 1.82) is 0 Å². The second-order valence-electron chi connectivity index (χ2n) is 9.11. The predicted octanol–water partition coefficient (Wildman–Crippen LogP) is 7.95. The van der Waals surface area contributed by atoms with Crippen molar-refractivity contribution in [2.75, 3.05) is 5.32 Å². The number of amides is 1. The van der Waals surface area contributed by atoms with E-state index in [-0.39, 0.29) is 5.91 Å². The summed E-state index contributed by atoms with van der Waals surface area (Å²) in [5, 5.41) is 4.18. The predicted molar refractivity (Wildman–Crippen MR) is 155 cm³/mol. The first-order valence-electron chi connectivity index (χ1n) is 11.9. The standard InChI is InChI=1S/C29H28IN3OS/c1-18-8-12-24(13-9-18)32-28(34)27-25-6-4-5-7-26(25)35-29(27)33-19(2)16-21(20(33)3)17-31-23-14-10-22(30)11-15-23/h8-17H,4-7H2,1-3H3,(H,32,34). The van der Waals surface area contributed by atoms with Crippen LogP contribution in [0.1, 0.15) is 56.2 Å². The van der Waals surface area contributed by atoms with Gasteiger partial charge < -0.3 is 9.88 Å². The number of benzene rings is 2. The van der Waals surface area contributed by atoms with Crippen molar-refractivity contribution < 1.29 is 4.79 Å². The summed E-state index contributed by atoms with van der Waals surface area (Å²) in [6.45, 7) is 6.27. The third-order valence-electron chi connectivity index (χ3n) is 6.54. The first-order valence-corrected chi connectivity index (χ1v) is 13.8. The van der Waals surface area contributed by atoms with E-state index in [0.717, 1.165) is 58.2 Å². The highest BCUT2D eigenvalue weighted by Crippen LogP contribution is 2.39. The molecule has 5 rings (SSSR count). The number of anilines is 1. The van der Waals surface area contributed by atoms with Crippen molar-refractivity contribution >= 4 is 57.4 Å². The smallest absolute Gasteiger partial charge is 0.258 e. The van der Waals surface area contributed by atoms with Crippen LogP contribution in [0.15, 0.2) is 59.6 Å². The quantitative estimate of drug-likeness (QED) is 0.185. The summed E-state index contributed by atoms with van der Waals surface area (Å²) in [5.74, 6) is -0.0233. The average Bonchev–Trinajstić information content (AvgIpc) is 3.36. The van der Waals surface area contributed by atoms with E-state index in [1.807, 2.05) is 42.6 Å². The minimum Gasteiger partial charge on any atom is -0.322 e. The molecule has 0 saturated carbocycles. The second kappa shape index (κ2) is 10.1. The lowest BCUT2D eigenvalue weighted by Crippen LogP contribution is -2.17. The van der Waals surface area contributed by atoms with Crippen molar-refractivity contribution in [2.45, 2.75) is 46.5 Å². The normalized spacial score (nSPS) is 13.3. The summed E-state index contributed by atoms with van der Waals surface area (Å²) < 4.78 is 3.43. The van der Waals surface area contributed by atoms with E-state index in [2.05, 4.69) is 71.4 Å². The van der Waals surface area contributed by atoms with Gasteiger partial charge in [0.1, 0.15) is 5.00 Å². The van der Waals surface area contributed by atoms with Gasteiger partial charge in [-0.3, -0.25) is 9.79 Å². The maximum atomic E-state index is 13.6. The molecule has 0 aliphatic heterocycles. The number of nitrogens with one attached hydrogen (secondary N) is 1. The van der Waals surface area contributed by atoms with E-state index in [1.54, 1.807) is 11.3 Å². The van der Waals surface area contributed by atoms with E-state index in [0.29, 0.717) is 0 Å². The van der Waals surface area contributed by atoms with Gasteiger partial charge in [0.15, 0.2) is 0 Å². The first kappa shape index (κ1) is 24.0. The van der Waals surface area contributed by atoms with Gasteiger partial charge >= 0.3 is 0 Å². The van der Waals surface area contributed by atoms with Crippen LogP contribution < -0.4 is 5.32 Å². The van der Waals surface area contributed by atoms with Crippen LogP contribution in [0.25, 0.3) is 5.00 Å². The van der Waals surface area contributed by atoms with E-state index in [4.69, 9.17) is 4.99 Å². The van der Waals surface area contributed by atoms with Gasteiger partial charge in [0.05, 0.1) is 11.3 Å². The molecule has 0 unspecified atom stereocenters. The number of aryl methyl sites for hydroxylation is 3. The highest BCUT2D eigenvalue weighted by atomic mass is 127. The number of aromatic nitrogens is 1. The molecule has 178 valence electrons. The van der Waals surface area contributed by atoms with Gasteiger partial charge in [0.25, 0.3) is 5.91 Å². The third-order valence-corrected chi connectivity index (χ3v) is 8.54. The molecule has 0 spiro atoms. The molecule has 2 aromatic heterocycles. The number of hydrogen-bond acceptors (Lipinski definition) is 3. The summed E-state index contributed by atoms with van der Waals surface area (Å²) in [6.07, 6.45) is 6.25. The topological polar surface area (TPSA) is 46.4 Å². The van der Waals surface area contributed by atoms with Crippen LogP contribution in [-0.2, 0) is 12.8 Å². The fraction of sp³-hybridized carbons (Fsp3) is 0.241. The number of fused-ring (bicyclic) bond motifs is 1. The highest BCUT2D eigenvalue weighted by molar-refractivity contribution is 14.1. The lowest BCUT2D eigenvalue weighted by molar-refractivity contribution is 0.102. The van der Waals surface area contributed by atoms with Gasteiger partial charge in [0.2, 0.25) is 0 Å². The molecule has 2 heterocycles. The summed E-state index contributed by atoms with van der Waals surface area (Å²) in [7, 11) is 0. The second-order valence-corrected chi connectivity index (χ2v) is 11.4. The summed E-state index contributed by atoms with van der Waals surface area (Å²) in [6, 6.07) is 18.3. The van der Waals surface area contributed by atoms with Crippen molar-refractivity contribution in [3.8, 4) is 5.00 Å². The van der Waals surface area contributed by atoms with Crippen molar-refractivity contribution in [3.63, 3.8) is 0 Å². The van der Waals surface area contributed by atoms with Crippen LogP contribution in [0.2, 0.25) is 0 Å². The monoisotopic (exact) mass is 593 g/mol. The lowest BCUT2D eigenvalue weighted by Gasteiger charge is -2.14. The largest absolute Gasteiger partial charge is 0.322 e. The number of hydrogen-bond donors (Lipinski definition) is 1. The fourth-order valence-corrected chi connectivity index (χ4v) is 6.53. The molecule has 35 heavy (non-hydrogen) atoms. The molecule has 0 saturated heterocycles. The number of rotatable bonds is 5. The Labute approximate surface area is 224 Å². The summed E-state index contributed by atoms with van der Waals surface area (Å²) >= 11 is 4.07. The molecular weight excluding hydrogens is 565 g/mol. The van der Waals surface area contributed by atoms with E-state index in [1.165, 1.54) is 26.0 Å². The number of carbonyl (C=O) groups excluding carboxylic acids is 1. The molecule has 1 N–H and O–H groups in total. The molecule has 4 nitrogen and oxygen atoms in total. The maximum Gasteiger partial charge on any atom is 0.258 e. The van der Waals surface area contributed by atoms with Crippen LogP contribution in [0.4, 0.5) is 11.4 Å². The Morgan fingerprint density at radius 1 is 1.03 bits per heavy atom. The molecule has 0 bridgehead atoms. The van der Waals surface area contributed by atoms with Gasteiger partial charge in [-0.2, -0.15) is 0 Å². The molecule has 4 aromatic rings. The molecule has 6 heteroatoms. The molecule has 0 radical (unpaired) electrons. The molecule has 1 amide bonds. The number of thiophene rings is 1. The van der Waals surface area contributed by atoms with Gasteiger partial charge in [-0.05, 0) is 117 Å². The van der Waals surface area contributed by atoms with E-state index >= 15 is 0 Å². The van der Waals surface area contributed by atoms with Gasteiger partial charge in [0, 0.05) is 37.3 Å². The Balaban J connectivity index is 1.54. The van der Waals surface area contributed by atoms with Crippen LogP contribution in [0.3, 0.4) is 0 Å². The first-order chi connectivity index (χ1) is 16.9. The zero-order chi connectivity index (χ0) is 24.5. The van der Waals surface area contributed by atoms with Crippen molar-refractivity contribution in [3.05, 3.63) is 96.7 Å². The van der Waals surface area contributed by atoms with Crippen LogP contribution >= 0.6 is 33.9 Å². The number of halogens is 1. The summed E-state index contributed by atoms with van der Waals surface area (Å²) in [5.41, 5.74) is 8.26. The Kier molecular flexibility index (Phi) is 6.93. The molecular formula is C29H28IN3OS. The lowest BCUT2D eigenvalue weighted by atomic mass is 9.95. The Hall–Kier alpha value is -2.71. The Morgan fingerprint density at radius 3 is 2.49 bits per heavy atom. The minimum absolute atomic E-state index is 0.0233. The SMILES string of the molecule is Cc1ccc(NC(=O)c2c(-n3c(C)cc(C=Nc4ccc(I)cc4)c3C)sc3c2CCCC3)cc1. The minimum atomic E-state index is -0.0233. The Morgan fingerprint density at radius 2 is 1.74 bits per heavy atom. The highest BCUT2D eigenvalue weighted by Gasteiger charge is 2.28. The van der Waals surface area contributed by atoms with Crippen LogP contribution in [0, 0.1) is 24.3 Å². The molecule has 0 atom stereocenters. The number of carbonyl (C=O) groups is 1. The van der Waals surface area contributed by atoms with Crippen molar-refractivity contribution in [2.24, 2.45) is 4.99 Å². The Bertz CT molecular complexity index is 1410. The molecule has 1 aliphatic carbocycles. The zero-order valence-corrected chi connectivity index (χ0v) is 23.2. The number of nitrogens with zero attached hydrogens (tertiary/aromatic N) is 2. The summed E-state index contributed by atoms with van der Waals surface area (Å²) in [4.78, 5) is 19.7. The fourth-order valence-electron chi connectivity index (χ4n) is 4.68. The third kappa shape index (κ3) is 5.00. The number of aliphatic imine (C=N–C) groups is 1. The molecule has 1 aliphatic rings. The molecule has 0 fully saturated rings. The van der Waals surface area contributed by atoms with Crippen LogP contribution in [-0.4, -0.2) is 16.7 Å². The van der Waals surface area contributed by atoms with Gasteiger partial charge in [-0.1, -0.05) is 17.7 Å². The maximum absolute atomic E-state index is 13.6. The molecule has 2 aromatic carbocycles. The average molecular weight is 594 g/mol. The van der Waals surface area contributed by atoms with Crippen LogP contribution in [0.5, 0.6) is 0 Å². The van der Waals surface area contributed by atoms with Gasteiger partial charge in [-0.25, -0.2) is 0 Å². The zero-order valence-electron chi connectivity index (χ0n) is 20.2. The van der Waals surface area contributed by atoms with Crippen molar-refractivity contribution in [1.82, 2.24) is 4.57 Å².